The van der Waals surface area contributed by atoms with Crippen LogP contribution in [0.2, 0.25) is 0 Å². The van der Waals surface area contributed by atoms with Gasteiger partial charge in [0.15, 0.2) is 5.69 Å². The molecule has 0 bridgehead atoms. The van der Waals surface area contributed by atoms with Crippen LogP contribution in [0.4, 0.5) is 0 Å². The van der Waals surface area contributed by atoms with Crippen molar-refractivity contribution < 1.29 is 9.90 Å². The zero-order valence-electron chi connectivity index (χ0n) is 5.71. The fourth-order valence-corrected chi connectivity index (χ4v) is 0.830. The first-order chi connectivity index (χ1) is 5.11. The lowest BCUT2D eigenvalue weighted by Crippen LogP contribution is -2.03. The molecule has 0 atom stereocenters. The summed E-state index contributed by atoms with van der Waals surface area (Å²) in [5, 5.41) is 8.50. The molecule has 58 valence electrons. The van der Waals surface area contributed by atoms with Gasteiger partial charge in [-0.25, -0.2) is 14.8 Å². The highest BCUT2D eigenvalue weighted by atomic mass is 127. The standard InChI is InChI=1S/C6H5IN2O2/c1-3-5(7)8-2-4(9-3)6(10)11/h2H,1H3,(H,10,11). The average molecular weight is 264 g/mol. The largest absolute Gasteiger partial charge is 0.476 e. The lowest BCUT2D eigenvalue weighted by Gasteiger charge is -1.96. The number of hydrogen-bond acceptors (Lipinski definition) is 3. The average Bonchev–Trinajstić information content (AvgIpc) is 1.94. The molecule has 0 aromatic carbocycles. The van der Waals surface area contributed by atoms with Crippen LogP contribution in [-0.2, 0) is 0 Å². The van der Waals surface area contributed by atoms with Crippen molar-refractivity contribution in [2.45, 2.75) is 6.92 Å². The fraction of sp³-hybridized carbons (Fsp3) is 0.167. The molecule has 1 N–H and O–H groups in total. The SMILES string of the molecule is Cc1nc(C(=O)O)cnc1I. The molecule has 0 amide bonds. The van der Waals surface area contributed by atoms with Crippen molar-refractivity contribution in [3.8, 4) is 0 Å². The normalized spacial score (nSPS) is 9.64. The zero-order valence-corrected chi connectivity index (χ0v) is 7.86. The van der Waals surface area contributed by atoms with Crippen molar-refractivity contribution in [2.75, 3.05) is 0 Å². The van der Waals surface area contributed by atoms with Gasteiger partial charge in [0.05, 0.1) is 11.9 Å². The topological polar surface area (TPSA) is 63.1 Å². The van der Waals surface area contributed by atoms with E-state index < -0.39 is 5.97 Å². The van der Waals surface area contributed by atoms with Gasteiger partial charge in [0, 0.05) is 0 Å². The predicted octanol–water partition coefficient (Wildman–Crippen LogP) is 1.09. The molecule has 11 heavy (non-hydrogen) atoms. The van der Waals surface area contributed by atoms with Gasteiger partial charge in [0.1, 0.15) is 3.70 Å². The van der Waals surface area contributed by atoms with Crippen molar-refractivity contribution in [1.82, 2.24) is 9.97 Å². The van der Waals surface area contributed by atoms with Crippen molar-refractivity contribution in [1.29, 1.82) is 0 Å². The Hall–Kier alpha value is -0.720. The highest BCUT2D eigenvalue weighted by molar-refractivity contribution is 14.1. The van der Waals surface area contributed by atoms with Crippen LogP contribution in [0.15, 0.2) is 6.20 Å². The molecule has 1 rings (SSSR count). The summed E-state index contributed by atoms with van der Waals surface area (Å²) in [4.78, 5) is 18.0. The molecule has 1 aromatic heterocycles. The predicted molar refractivity (Wildman–Crippen MR) is 46.4 cm³/mol. The molecule has 0 spiro atoms. The summed E-state index contributed by atoms with van der Waals surface area (Å²) in [5.74, 6) is -1.04. The third kappa shape index (κ3) is 1.86. The van der Waals surface area contributed by atoms with Gasteiger partial charge in [-0.2, -0.15) is 0 Å². The molecule has 0 aliphatic rings. The summed E-state index contributed by atoms with van der Waals surface area (Å²) in [5.41, 5.74) is 0.633. The maximum Gasteiger partial charge on any atom is 0.356 e. The zero-order chi connectivity index (χ0) is 8.43. The molecule has 0 unspecified atom stereocenters. The van der Waals surface area contributed by atoms with E-state index in [4.69, 9.17) is 5.11 Å². The number of aryl methyl sites for hydroxylation is 1. The minimum Gasteiger partial charge on any atom is -0.476 e. The number of carbonyl (C=O) groups is 1. The molecule has 1 aromatic rings. The summed E-state index contributed by atoms with van der Waals surface area (Å²) in [7, 11) is 0. The molecular weight excluding hydrogens is 259 g/mol. The number of hydrogen-bond donors (Lipinski definition) is 1. The Kier molecular flexibility index (Phi) is 2.38. The lowest BCUT2D eigenvalue weighted by molar-refractivity contribution is 0.0689. The highest BCUT2D eigenvalue weighted by Gasteiger charge is 2.06. The monoisotopic (exact) mass is 264 g/mol. The molecule has 1 heterocycles. The summed E-state index contributed by atoms with van der Waals surface area (Å²) in [6, 6.07) is 0. The van der Waals surface area contributed by atoms with Crippen molar-refractivity contribution >= 4 is 28.6 Å². The number of carboxylic acid groups (broad SMARTS) is 1. The first kappa shape index (κ1) is 8.38. The van der Waals surface area contributed by atoms with Gasteiger partial charge in [-0.15, -0.1) is 0 Å². The van der Waals surface area contributed by atoms with Crippen LogP contribution in [0.5, 0.6) is 0 Å². The third-order valence-corrected chi connectivity index (χ3v) is 2.17. The van der Waals surface area contributed by atoms with Gasteiger partial charge in [0.2, 0.25) is 0 Å². The summed E-state index contributed by atoms with van der Waals surface area (Å²) in [6.45, 7) is 1.72. The maximum absolute atomic E-state index is 10.4. The van der Waals surface area contributed by atoms with Crippen molar-refractivity contribution in [3.05, 3.63) is 21.3 Å². The lowest BCUT2D eigenvalue weighted by atomic mass is 10.4. The first-order valence-electron chi connectivity index (χ1n) is 2.83. The van der Waals surface area contributed by atoms with Gasteiger partial charge in [-0.3, -0.25) is 0 Å². The number of aromatic carboxylic acids is 1. The van der Waals surface area contributed by atoms with E-state index in [9.17, 15) is 4.79 Å². The Bertz CT molecular complexity index is 301. The van der Waals surface area contributed by atoms with Gasteiger partial charge in [-0.05, 0) is 29.5 Å². The number of rotatable bonds is 1. The van der Waals surface area contributed by atoms with Gasteiger partial charge in [-0.1, -0.05) is 0 Å². The van der Waals surface area contributed by atoms with Crippen LogP contribution in [0.25, 0.3) is 0 Å². The minimum atomic E-state index is -1.04. The van der Waals surface area contributed by atoms with Gasteiger partial charge >= 0.3 is 5.97 Å². The Labute approximate surface area is 76.8 Å². The van der Waals surface area contributed by atoms with E-state index in [2.05, 4.69) is 9.97 Å². The van der Waals surface area contributed by atoms with Crippen LogP contribution in [0.3, 0.4) is 0 Å². The minimum absolute atomic E-state index is 0.0112. The van der Waals surface area contributed by atoms with E-state index in [-0.39, 0.29) is 5.69 Å². The summed E-state index contributed by atoms with van der Waals surface area (Å²) < 4.78 is 0.729. The molecule has 4 nitrogen and oxygen atoms in total. The molecule has 0 radical (unpaired) electrons. The molecule has 5 heteroatoms. The van der Waals surface area contributed by atoms with Gasteiger partial charge in [0.25, 0.3) is 0 Å². The maximum atomic E-state index is 10.4. The van der Waals surface area contributed by atoms with Crippen molar-refractivity contribution in [3.63, 3.8) is 0 Å². The van der Waals surface area contributed by atoms with Crippen molar-refractivity contribution in [2.24, 2.45) is 0 Å². The smallest absolute Gasteiger partial charge is 0.356 e. The van der Waals surface area contributed by atoms with E-state index in [1.54, 1.807) is 6.92 Å². The number of halogens is 1. The Morgan fingerprint density at radius 1 is 1.73 bits per heavy atom. The van der Waals surface area contributed by atoms with Crippen LogP contribution in [0, 0.1) is 10.6 Å². The molecule has 0 aliphatic carbocycles. The van der Waals surface area contributed by atoms with E-state index in [1.165, 1.54) is 6.20 Å². The fourth-order valence-electron chi connectivity index (χ4n) is 0.570. The summed E-state index contributed by atoms with van der Waals surface area (Å²) in [6.07, 6.45) is 1.25. The Morgan fingerprint density at radius 2 is 2.36 bits per heavy atom. The van der Waals surface area contributed by atoms with Crippen LogP contribution in [-0.4, -0.2) is 21.0 Å². The first-order valence-corrected chi connectivity index (χ1v) is 3.91. The Morgan fingerprint density at radius 3 is 2.82 bits per heavy atom. The second-order valence-electron chi connectivity index (χ2n) is 1.94. The van der Waals surface area contributed by atoms with Crippen LogP contribution in [0.1, 0.15) is 16.2 Å². The second kappa shape index (κ2) is 3.12. The molecule has 0 aliphatic heterocycles. The third-order valence-electron chi connectivity index (χ3n) is 1.11. The number of nitrogens with zero attached hydrogens (tertiary/aromatic N) is 2. The quantitative estimate of drug-likeness (QED) is 0.771. The highest BCUT2D eigenvalue weighted by Crippen LogP contribution is 2.04. The van der Waals surface area contributed by atoms with E-state index >= 15 is 0 Å². The molecular formula is C6H5IN2O2. The van der Waals surface area contributed by atoms with E-state index in [0.29, 0.717) is 5.69 Å². The van der Waals surface area contributed by atoms with Gasteiger partial charge < -0.3 is 5.11 Å². The molecule has 0 saturated heterocycles. The number of carboxylic acids is 1. The van der Waals surface area contributed by atoms with E-state index in [0.717, 1.165) is 3.70 Å². The number of aromatic nitrogens is 2. The molecule has 0 fully saturated rings. The molecule has 0 saturated carbocycles. The Balaban J connectivity index is 3.15. The van der Waals surface area contributed by atoms with Crippen LogP contribution >= 0.6 is 22.6 Å². The van der Waals surface area contributed by atoms with E-state index in [1.807, 2.05) is 22.6 Å². The van der Waals surface area contributed by atoms with Crippen LogP contribution < -0.4 is 0 Å². The second-order valence-corrected chi connectivity index (χ2v) is 2.96. The summed E-state index contributed by atoms with van der Waals surface area (Å²) >= 11 is 2.00.